The van der Waals surface area contributed by atoms with Crippen LogP contribution in [0.2, 0.25) is 0 Å². The second kappa shape index (κ2) is 7.33. The van der Waals surface area contributed by atoms with E-state index >= 15 is 0 Å². The first-order valence-electron chi connectivity index (χ1n) is 2.69. The van der Waals surface area contributed by atoms with Gasteiger partial charge < -0.3 is 5.48 Å². The van der Waals surface area contributed by atoms with Crippen molar-refractivity contribution in [3.05, 3.63) is 35.3 Å². The molecule has 0 aromatic carbocycles. The number of nitrogens with zero attached hydrogens (tertiary/aromatic N) is 2. The van der Waals surface area contributed by atoms with Crippen molar-refractivity contribution in [3.8, 4) is 0 Å². The van der Waals surface area contributed by atoms with Crippen LogP contribution in [0.4, 0.5) is 0 Å². The Labute approximate surface area is 73.0 Å². The smallest absolute Gasteiger partial charge is 0.0406 e. The van der Waals surface area contributed by atoms with Gasteiger partial charge in [-0.3, -0.25) is 0 Å². The Morgan fingerprint density at radius 2 is 1.27 bits per heavy atom. The van der Waals surface area contributed by atoms with Gasteiger partial charge in [-0.25, -0.2) is 8.75 Å². The van der Waals surface area contributed by atoms with Gasteiger partial charge in [-0.15, -0.1) is 0 Å². The van der Waals surface area contributed by atoms with Crippen LogP contribution in [0.5, 0.6) is 0 Å². The minimum atomic E-state index is 0. The highest BCUT2D eigenvalue weighted by Gasteiger charge is 1.60. The van der Waals surface area contributed by atoms with E-state index in [4.69, 9.17) is 0 Å². The monoisotopic (exact) mass is 188 g/mol. The van der Waals surface area contributed by atoms with E-state index in [0.29, 0.717) is 0 Å². The van der Waals surface area contributed by atoms with Crippen LogP contribution in [-0.4, -0.2) is 14.2 Å². The predicted octanol–water partition coefficient (Wildman–Crippen LogP) is 1.46. The molecule has 0 bridgehead atoms. The van der Waals surface area contributed by atoms with E-state index < -0.39 is 0 Å². The third-order valence-electron chi connectivity index (χ3n) is 0.694. The molecule has 3 nitrogen and oxygen atoms in total. The number of hydrogen-bond acceptors (Lipinski definition) is 4. The van der Waals surface area contributed by atoms with Gasteiger partial charge in [0, 0.05) is 23.2 Å². The summed E-state index contributed by atoms with van der Waals surface area (Å²) in [6, 6.07) is 3.81. The third kappa shape index (κ3) is 5.65. The zero-order valence-corrected chi connectivity index (χ0v) is 7.31. The fraction of sp³-hybridized carbons (Fsp3) is 0. The van der Waals surface area contributed by atoms with Gasteiger partial charge in [-0.05, 0) is 35.2 Å². The molecule has 60 valence electrons. The second-order valence-electron chi connectivity index (χ2n) is 1.38. The van der Waals surface area contributed by atoms with Crippen LogP contribution in [0.25, 0.3) is 0 Å². The fourth-order valence-corrected chi connectivity index (χ4v) is 1.05. The molecule has 2 aromatic rings. The Morgan fingerprint density at radius 1 is 0.818 bits per heavy atom. The molecule has 0 atom stereocenters. The third-order valence-corrected chi connectivity index (χ3v) is 1.74. The van der Waals surface area contributed by atoms with Crippen molar-refractivity contribution >= 4 is 23.1 Å². The van der Waals surface area contributed by atoms with Crippen LogP contribution in [-0.2, 0) is 0 Å². The average molecular weight is 188 g/mol. The summed E-state index contributed by atoms with van der Waals surface area (Å²) < 4.78 is 7.53. The Bertz CT molecular complexity index is 158. The second-order valence-corrected chi connectivity index (χ2v) is 2.76. The summed E-state index contributed by atoms with van der Waals surface area (Å²) in [6.07, 6.45) is 3.54. The maximum atomic E-state index is 3.76. The first-order valence-corrected chi connectivity index (χ1v) is 4.36. The van der Waals surface area contributed by atoms with Gasteiger partial charge in [0.2, 0.25) is 0 Å². The lowest BCUT2D eigenvalue weighted by Gasteiger charge is -1.41. The molecule has 0 saturated carbocycles. The molecule has 2 N–H and O–H groups in total. The first kappa shape index (κ1) is 10.2. The SMILES string of the molecule is O.c1cnsc1.c1cnsc1. The molecule has 0 saturated heterocycles. The minimum absolute atomic E-state index is 0. The highest BCUT2D eigenvalue weighted by atomic mass is 32.1. The Balaban J connectivity index is 0.000000167. The summed E-state index contributed by atoms with van der Waals surface area (Å²) in [7, 11) is 0. The standard InChI is InChI=1S/2C3H3NS.H2O/c2*1-2-4-5-3-1;/h2*1-3H;1H2. The van der Waals surface area contributed by atoms with E-state index in [1.54, 1.807) is 12.4 Å². The summed E-state index contributed by atoms with van der Waals surface area (Å²) >= 11 is 2.93. The van der Waals surface area contributed by atoms with E-state index in [1.165, 1.54) is 23.1 Å². The maximum Gasteiger partial charge on any atom is 0.0406 e. The van der Waals surface area contributed by atoms with Gasteiger partial charge in [-0.2, -0.15) is 0 Å². The van der Waals surface area contributed by atoms with E-state index in [0.717, 1.165) is 0 Å². The van der Waals surface area contributed by atoms with E-state index in [-0.39, 0.29) is 5.48 Å². The van der Waals surface area contributed by atoms with Gasteiger partial charge in [0.1, 0.15) is 0 Å². The van der Waals surface area contributed by atoms with Crippen molar-refractivity contribution < 1.29 is 5.48 Å². The van der Waals surface area contributed by atoms with Crippen molar-refractivity contribution in [1.29, 1.82) is 0 Å². The molecular formula is C6H8N2OS2. The average Bonchev–Trinajstić information content (AvgIpc) is 2.67. The summed E-state index contributed by atoms with van der Waals surface area (Å²) in [4.78, 5) is 0. The van der Waals surface area contributed by atoms with E-state index in [1.807, 2.05) is 22.9 Å². The lowest BCUT2D eigenvalue weighted by atomic mass is 10.8. The summed E-state index contributed by atoms with van der Waals surface area (Å²) in [5.41, 5.74) is 0. The van der Waals surface area contributed by atoms with Crippen LogP contribution in [0.1, 0.15) is 0 Å². The highest BCUT2D eigenvalue weighted by molar-refractivity contribution is 7.03. The van der Waals surface area contributed by atoms with Crippen molar-refractivity contribution in [2.45, 2.75) is 0 Å². The fourth-order valence-electron chi connectivity index (χ4n) is 0.351. The molecule has 0 aliphatic rings. The van der Waals surface area contributed by atoms with Crippen molar-refractivity contribution in [2.75, 3.05) is 0 Å². The summed E-state index contributed by atoms with van der Waals surface area (Å²) in [5.74, 6) is 0. The molecule has 0 amide bonds. The molecule has 0 fully saturated rings. The Hall–Kier alpha value is -0.780. The zero-order chi connectivity index (χ0) is 7.07. The molecule has 2 rings (SSSR count). The Kier molecular flexibility index (Phi) is 6.81. The molecule has 0 aliphatic carbocycles. The highest BCUT2D eigenvalue weighted by Crippen LogP contribution is 1.84. The van der Waals surface area contributed by atoms with Gasteiger partial charge >= 0.3 is 0 Å². The molecule has 0 unspecified atom stereocenters. The van der Waals surface area contributed by atoms with Crippen molar-refractivity contribution in [3.63, 3.8) is 0 Å². The molecule has 2 heterocycles. The van der Waals surface area contributed by atoms with E-state index in [9.17, 15) is 0 Å². The molecule has 0 radical (unpaired) electrons. The van der Waals surface area contributed by atoms with Crippen LogP contribution in [0.15, 0.2) is 35.3 Å². The van der Waals surface area contributed by atoms with Crippen LogP contribution < -0.4 is 0 Å². The van der Waals surface area contributed by atoms with Crippen molar-refractivity contribution in [1.82, 2.24) is 8.75 Å². The number of aromatic nitrogens is 2. The molecule has 2 aromatic heterocycles. The first-order chi connectivity index (χ1) is 5.00. The molecule has 5 heteroatoms. The van der Waals surface area contributed by atoms with E-state index in [2.05, 4.69) is 8.75 Å². The van der Waals surface area contributed by atoms with Crippen molar-refractivity contribution in [2.24, 2.45) is 0 Å². The quantitative estimate of drug-likeness (QED) is 0.628. The number of hydrogen-bond donors (Lipinski definition) is 0. The topological polar surface area (TPSA) is 57.3 Å². The molecular weight excluding hydrogens is 180 g/mol. The lowest BCUT2D eigenvalue weighted by Crippen LogP contribution is -1.32. The summed E-state index contributed by atoms with van der Waals surface area (Å²) in [5, 5.41) is 3.86. The zero-order valence-electron chi connectivity index (χ0n) is 5.68. The lowest BCUT2D eigenvalue weighted by molar-refractivity contribution is 0.824. The van der Waals surface area contributed by atoms with Gasteiger partial charge in [-0.1, -0.05) is 0 Å². The van der Waals surface area contributed by atoms with Crippen LogP contribution in [0, 0.1) is 0 Å². The van der Waals surface area contributed by atoms with Gasteiger partial charge in [0.25, 0.3) is 0 Å². The van der Waals surface area contributed by atoms with Gasteiger partial charge in [0.15, 0.2) is 0 Å². The normalized spacial score (nSPS) is 7.27. The summed E-state index contributed by atoms with van der Waals surface area (Å²) in [6.45, 7) is 0. The maximum absolute atomic E-state index is 3.76. The number of rotatable bonds is 0. The van der Waals surface area contributed by atoms with Gasteiger partial charge in [0.05, 0.1) is 0 Å². The molecule has 11 heavy (non-hydrogen) atoms. The van der Waals surface area contributed by atoms with Crippen LogP contribution in [0.3, 0.4) is 0 Å². The van der Waals surface area contributed by atoms with Crippen LogP contribution >= 0.6 is 23.1 Å². The predicted molar refractivity (Wildman–Crippen MR) is 47.8 cm³/mol. The minimum Gasteiger partial charge on any atom is -0.412 e. The Morgan fingerprint density at radius 3 is 1.36 bits per heavy atom. The largest absolute Gasteiger partial charge is 0.412 e. The molecule has 0 spiro atoms. The molecule has 0 aliphatic heterocycles.